The lowest BCUT2D eigenvalue weighted by molar-refractivity contribution is -0.384. The molecule has 0 bridgehead atoms. The van der Waals surface area contributed by atoms with Crippen LogP contribution in [-0.2, 0) is 16.2 Å². The number of carboxylic acids is 1. The molecule has 8 heteroatoms. The normalized spacial score (nSPS) is 16.5. The molecule has 0 unspecified atom stereocenters. The molecule has 3 rings (SSSR count). The lowest BCUT2D eigenvalue weighted by atomic mass is 10.1. The molecule has 1 aliphatic heterocycles. The maximum Gasteiger partial charge on any atom is 0.308 e. The molecule has 2 aromatic rings. The van der Waals surface area contributed by atoms with Crippen LogP contribution in [-0.4, -0.2) is 28.5 Å². The number of hydrogen-bond acceptors (Lipinski definition) is 5. The molecular formula is C18H16N2O6. The highest BCUT2D eigenvalue weighted by molar-refractivity contribution is 5.99. The molecule has 8 nitrogen and oxygen atoms in total. The van der Waals surface area contributed by atoms with E-state index in [1.54, 1.807) is 36.4 Å². The fourth-order valence-corrected chi connectivity index (χ4v) is 2.73. The molecule has 1 aliphatic rings. The van der Waals surface area contributed by atoms with Crippen LogP contribution in [0.4, 0.5) is 11.4 Å². The summed E-state index contributed by atoms with van der Waals surface area (Å²) in [5, 5.41) is 19.7. The Morgan fingerprint density at radius 2 is 1.85 bits per heavy atom. The average Bonchev–Trinajstić information content (AvgIpc) is 3.03. The molecular weight excluding hydrogens is 340 g/mol. The number of amides is 1. The summed E-state index contributed by atoms with van der Waals surface area (Å²) >= 11 is 0. The lowest BCUT2D eigenvalue weighted by Gasteiger charge is -2.16. The van der Waals surface area contributed by atoms with Crippen molar-refractivity contribution < 1.29 is 24.4 Å². The van der Waals surface area contributed by atoms with Gasteiger partial charge in [0.2, 0.25) is 5.91 Å². The molecule has 1 saturated heterocycles. The van der Waals surface area contributed by atoms with Gasteiger partial charge in [0.1, 0.15) is 12.4 Å². The number of nitro groups is 1. The minimum atomic E-state index is -0.969. The van der Waals surface area contributed by atoms with E-state index in [4.69, 9.17) is 9.84 Å². The van der Waals surface area contributed by atoms with Gasteiger partial charge in [-0.05, 0) is 42.0 Å². The Morgan fingerprint density at radius 1 is 1.19 bits per heavy atom. The number of anilines is 1. The molecule has 2 aromatic carbocycles. The summed E-state index contributed by atoms with van der Waals surface area (Å²) in [5.74, 6) is -1.28. The molecule has 0 aromatic heterocycles. The Kier molecular flexibility index (Phi) is 4.83. The number of aliphatic carboxylic acids is 1. The predicted octanol–water partition coefficient (Wildman–Crippen LogP) is 2.61. The van der Waals surface area contributed by atoms with Crippen LogP contribution in [0.2, 0.25) is 0 Å². The number of non-ortho nitro benzene ring substituents is 1. The third kappa shape index (κ3) is 3.80. The highest BCUT2D eigenvalue weighted by Crippen LogP contribution is 2.27. The molecule has 0 saturated carbocycles. The maximum absolute atomic E-state index is 11.9. The molecule has 0 radical (unpaired) electrons. The van der Waals surface area contributed by atoms with E-state index in [0.29, 0.717) is 11.4 Å². The van der Waals surface area contributed by atoms with Crippen LogP contribution in [0.5, 0.6) is 5.75 Å². The Bertz CT molecular complexity index is 832. The van der Waals surface area contributed by atoms with Gasteiger partial charge < -0.3 is 14.7 Å². The zero-order valence-electron chi connectivity index (χ0n) is 13.7. The molecule has 1 N–H and O–H groups in total. The molecule has 1 fully saturated rings. The SMILES string of the molecule is O=C(O)[C@@H]1CC(=O)N(c2ccc(OCc3ccc([N+](=O)[O-])cc3)cc2)C1. The van der Waals surface area contributed by atoms with Crippen molar-refractivity contribution in [2.75, 3.05) is 11.4 Å². The number of carboxylic acid groups (broad SMARTS) is 1. The first-order chi connectivity index (χ1) is 12.4. The van der Waals surface area contributed by atoms with E-state index in [9.17, 15) is 19.7 Å². The van der Waals surface area contributed by atoms with E-state index < -0.39 is 16.8 Å². The Morgan fingerprint density at radius 3 is 2.38 bits per heavy atom. The molecule has 1 amide bonds. The highest BCUT2D eigenvalue weighted by Gasteiger charge is 2.34. The van der Waals surface area contributed by atoms with Gasteiger partial charge in [-0.25, -0.2) is 0 Å². The second-order valence-electron chi connectivity index (χ2n) is 5.95. The fourth-order valence-electron chi connectivity index (χ4n) is 2.73. The summed E-state index contributed by atoms with van der Waals surface area (Å²) in [6.07, 6.45) is 0.00767. The molecule has 0 aliphatic carbocycles. The largest absolute Gasteiger partial charge is 0.489 e. The lowest BCUT2D eigenvalue weighted by Crippen LogP contribution is -2.25. The van der Waals surface area contributed by atoms with E-state index in [2.05, 4.69) is 0 Å². The summed E-state index contributed by atoms with van der Waals surface area (Å²) in [5.41, 5.74) is 1.44. The number of hydrogen-bond donors (Lipinski definition) is 1. The maximum atomic E-state index is 11.9. The van der Waals surface area contributed by atoms with E-state index in [0.717, 1.165) is 5.56 Å². The van der Waals surface area contributed by atoms with Crippen molar-refractivity contribution in [1.82, 2.24) is 0 Å². The Balaban J connectivity index is 1.60. The van der Waals surface area contributed by atoms with Gasteiger partial charge in [0, 0.05) is 30.8 Å². The van der Waals surface area contributed by atoms with Crippen LogP contribution < -0.4 is 9.64 Å². The second kappa shape index (κ2) is 7.22. The van der Waals surface area contributed by atoms with Gasteiger partial charge in [0.25, 0.3) is 5.69 Å². The van der Waals surface area contributed by atoms with Gasteiger partial charge in [0.05, 0.1) is 10.8 Å². The van der Waals surface area contributed by atoms with Crippen molar-refractivity contribution in [1.29, 1.82) is 0 Å². The highest BCUT2D eigenvalue weighted by atomic mass is 16.6. The van der Waals surface area contributed by atoms with E-state index >= 15 is 0 Å². The molecule has 1 heterocycles. The number of benzene rings is 2. The van der Waals surface area contributed by atoms with Crippen LogP contribution in [0.25, 0.3) is 0 Å². The number of carbonyl (C=O) groups excluding carboxylic acids is 1. The van der Waals surface area contributed by atoms with Gasteiger partial charge >= 0.3 is 5.97 Å². The second-order valence-corrected chi connectivity index (χ2v) is 5.95. The number of carbonyl (C=O) groups is 2. The molecule has 134 valence electrons. The van der Waals surface area contributed by atoms with Gasteiger partial charge in [-0.15, -0.1) is 0 Å². The van der Waals surface area contributed by atoms with Crippen molar-refractivity contribution in [2.24, 2.45) is 5.92 Å². The first-order valence-electron chi connectivity index (χ1n) is 7.93. The van der Waals surface area contributed by atoms with Gasteiger partial charge in [-0.2, -0.15) is 0 Å². The summed E-state index contributed by atoms with van der Waals surface area (Å²) < 4.78 is 5.63. The van der Waals surface area contributed by atoms with Crippen molar-refractivity contribution >= 4 is 23.3 Å². The summed E-state index contributed by atoms with van der Waals surface area (Å²) in [4.78, 5) is 34.6. The van der Waals surface area contributed by atoms with Gasteiger partial charge in [0.15, 0.2) is 0 Å². The molecule has 1 atom stereocenters. The van der Waals surface area contributed by atoms with Crippen molar-refractivity contribution in [3.63, 3.8) is 0 Å². The summed E-state index contributed by atoms with van der Waals surface area (Å²) in [7, 11) is 0. The zero-order valence-corrected chi connectivity index (χ0v) is 13.7. The third-order valence-electron chi connectivity index (χ3n) is 4.18. The smallest absolute Gasteiger partial charge is 0.308 e. The van der Waals surface area contributed by atoms with Crippen LogP contribution in [0.3, 0.4) is 0 Å². The Labute approximate surface area is 148 Å². The molecule has 0 spiro atoms. The van der Waals surface area contributed by atoms with Gasteiger partial charge in [-0.1, -0.05) is 0 Å². The topological polar surface area (TPSA) is 110 Å². The number of nitrogens with zero attached hydrogens (tertiary/aromatic N) is 2. The number of nitro benzene ring substituents is 1. The summed E-state index contributed by atoms with van der Waals surface area (Å²) in [6, 6.07) is 12.9. The average molecular weight is 356 g/mol. The van der Waals surface area contributed by atoms with Gasteiger partial charge in [-0.3, -0.25) is 19.7 Å². The van der Waals surface area contributed by atoms with Crippen LogP contribution in [0.15, 0.2) is 48.5 Å². The van der Waals surface area contributed by atoms with Crippen molar-refractivity contribution in [3.05, 3.63) is 64.2 Å². The van der Waals surface area contributed by atoms with E-state index in [1.807, 2.05) is 0 Å². The first kappa shape index (κ1) is 17.4. The zero-order chi connectivity index (χ0) is 18.7. The first-order valence-corrected chi connectivity index (χ1v) is 7.93. The van der Waals surface area contributed by atoms with E-state index in [1.165, 1.54) is 17.0 Å². The molecule has 26 heavy (non-hydrogen) atoms. The monoisotopic (exact) mass is 356 g/mol. The minimum Gasteiger partial charge on any atom is -0.489 e. The minimum absolute atomic E-state index is 0.00767. The van der Waals surface area contributed by atoms with Crippen molar-refractivity contribution in [3.8, 4) is 5.75 Å². The quantitative estimate of drug-likeness (QED) is 0.629. The van der Waals surface area contributed by atoms with Crippen LogP contribution >= 0.6 is 0 Å². The Hall–Kier alpha value is -3.42. The summed E-state index contributed by atoms with van der Waals surface area (Å²) in [6.45, 7) is 0.415. The van der Waals surface area contributed by atoms with E-state index in [-0.39, 0.29) is 31.2 Å². The van der Waals surface area contributed by atoms with Crippen LogP contribution in [0, 0.1) is 16.0 Å². The fraction of sp³-hybridized carbons (Fsp3) is 0.222. The van der Waals surface area contributed by atoms with Crippen LogP contribution in [0.1, 0.15) is 12.0 Å². The standard InChI is InChI=1S/C18H16N2O6/c21-17-9-13(18(22)23)10-19(17)14-5-7-16(8-6-14)26-11-12-1-3-15(4-2-12)20(24)25/h1-8,13H,9-11H2,(H,22,23)/t13-/m1/s1. The van der Waals surface area contributed by atoms with Crippen molar-refractivity contribution in [2.45, 2.75) is 13.0 Å². The number of ether oxygens (including phenoxy) is 1. The third-order valence-corrected chi connectivity index (χ3v) is 4.18. The predicted molar refractivity (Wildman–Crippen MR) is 92.0 cm³/mol. The number of rotatable bonds is 6.